The second-order valence-corrected chi connectivity index (χ2v) is 9.44. The maximum Gasteiger partial charge on any atom is 0.251 e. The summed E-state index contributed by atoms with van der Waals surface area (Å²) in [6, 6.07) is 14.7. The van der Waals surface area contributed by atoms with E-state index in [9.17, 15) is 4.79 Å². The molecular weight excluding hydrogens is 442 g/mol. The van der Waals surface area contributed by atoms with Crippen molar-refractivity contribution < 1.29 is 14.3 Å². The number of aromatic nitrogens is 3. The first-order chi connectivity index (χ1) is 16.7. The Morgan fingerprint density at radius 3 is 2.46 bits per heavy atom. The monoisotopic (exact) mass is 471 g/mol. The van der Waals surface area contributed by atoms with Crippen molar-refractivity contribution in [2.24, 2.45) is 5.41 Å². The average molecular weight is 472 g/mol. The lowest BCUT2D eigenvalue weighted by molar-refractivity contribution is 0.0939. The van der Waals surface area contributed by atoms with Gasteiger partial charge in [-0.1, -0.05) is 20.8 Å². The third kappa shape index (κ3) is 6.03. The Labute approximate surface area is 204 Å². The summed E-state index contributed by atoms with van der Waals surface area (Å²) in [6.07, 6.45) is 3.15. The first kappa shape index (κ1) is 23.9. The number of anilines is 2. The SMILES string of the molecule is COc1cc2c(Nc3ccc(Oc4ccc(C(=O)NCC(C)(C)C)cc4)c(C)c3)ncnc2cn1. The number of methoxy groups -OCH3 is 1. The zero-order valence-corrected chi connectivity index (χ0v) is 20.5. The quantitative estimate of drug-likeness (QED) is 0.359. The predicted octanol–water partition coefficient (Wildman–Crippen LogP) is 5.65. The molecule has 4 aromatic rings. The summed E-state index contributed by atoms with van der Waals surface area (Å²) in [4.78, 5) is 25.2. The van der Waals surface area contributed by atoms with Gasteiger partial charge in [0.2, 0.25) is 5.88 Å². The smallest absolute Gasteiger partial charge is 0.251 e. The second-order valence-electron chi connectivity index (χ2n) is 9.44. The molecule has 2 heterocycles. The van der Waals surface area contributed by atoms with Crippen molar-refractivity contribution in [1.29, 1.82) is 0 Å². The van der Waals surface area contributed by atoms with Gasteiger partial charge < -0.3 is 20.1 Å². The first-order valence-corrected chi connectivity index (χ1v) is 11.3. The molecule has 0 saturated carbocycles. The van der Waals surface area contributed by atoms with Crippen molar-refractivity contribution in [2.75, 3.05) is 19.0 Å². The van der Waals surface area contributed by atoms with E-state index in [0.29, 0.717) is 29.6 Å². The molecule has 0 fully saturated rings. The Kier molecular flexibility index (Phi) is 6.82. The summed E-state index contributed by atoms with van der Waals surface area (Å²) in [5.74, 6) is 2.43. The molecule has 35 heavy (non-hydrogen) atoms. The summed E-state index contributed by atoms with van der Waals surface area (Å²) in [6.45, 7) is 8.83. The molecule has 8 nitrogen and oxygen atoms in total. The summed E-state index contributed by atoms with van der Waals surface area (Å²) in [7, 11) is 1.57. The van der Waals surface area contributed by atoms with Crippen molar-refractivity contribution in [2.45, 2.75) is 27.7 Å². The van der Waals surface area contributed by atoms with E-state index in [0.717, 1.165) is 27.9 Å². The van der Waals surface area contributed by atoms with Crippen LogP contribution in [0.4, 0.5) is 11.5 Å². The molecule has 0 aliphatic rings. The molecule has 1 amide bonds. The van der Waals surface area contributed by atoms with Crippen LogP contribution in [-0.4, -0.2) is 34.5 Å². The number of fused-ring (bicyclic) bond motifs is 1. The first-order valence-electron chi connectivity index (χ1n) is 11.3. The van der Waals surface area contributed by atoms with Crippen LogP contribution in [0.2, 0.25) is 0 Å². The van der Waals surface area contributed by atoms with Crippen LogP contribution < -0.4 is 20.1 Å². The van der Waals surface area contributed by atoms with Crippen LogP contribution in [0.25, 0.3) is 10.9 Å². The van der Waals surface area contributed by atoms with Gasteiger partial charge in [0.05, 0.1) is 18.8 Å². The van der Waals surface area contributed by atoms with Gasteiger partial charge in [0, 0.05) is 29.2 Å². The standard InChI is InChI=1S/C27H29N5O3/c1-17-12-19(32-25-21-13-24(34-5)28-14-22(21)30-16-31-25)8-11-23(17)35-20-9-6-18(7-10-20)26(33)29-15-27(2,3)4/h6-14,16H,15H2,1-5H3,(H,29,33)(H,30,31,32). The summed E-state index contributed by atoms with van der Waals surface area (Å²) >= 11 is 0. The van der Waals surface area contributed by atoms with E-state index in [1.165, 1.54) is 6.33 Å². The fourth-order valence-electron chi connectivity index (χ4n) is 3.38. The molecule has 0 aliphatic heterocycles. The molecule has 0 aliphatic carbocycles. The van der Waals surface area contributed by atoms with Crippen molar-refractivity contribution in [3.8, 4) is 17.4 Å². The average Bonchev–Trinajstić information content (AvgIpc) is 2.84. The number of rotatable bonds is 7. The number of carbonyl (C=O) groups excluding carboxylic acids is 1. The lowest BCUT2D eigenvalue weighted by atomic mass is 9.97. The van der Waals surface area contributed by atoms with Crippen molar-refractivity contribution in [3.63, 3.8) is 0 Å². The number of nitrogens with zero attached hydrogens (tertiary/aromatic N) is 3. The molecule has 0 radical (unpaired) electrons. The fourth-order valence-corrected chi connectivity index (χ4v) is 3.38. The highest BCUT2D eigenvalue weighted by atomic mass is 16.5. The number of amides is 1. The Morgan fingerprint density at radius 1 is 1.00 bits per heavy atom. The molecule has 0 spiro atoms. The molecule has 0 bridgehead atoms. The lowest BCUT2D eigenvalue weighted by Crippen LogP contribution is -2.32. The van der Waals surface area contributed by atoms with Crippen molar-refractivity contribution >= 4 is 28.3 Å². The van der Waals surface area contributed by atoms with E-state index in [4.69, 9.17) is 9.47 Å². The molecule has 0 saturated heterocycles. The van der Waals surface area contributed by atoms with Crippen molar-refractivity contribution in [3.05, 3.63) is 72.2 Å². The number of benzene rings is 2. The van der Waals surface area contributed by atoms with Crippen LogP contribution in [-0.2, 0) is 0 Å². The van der Waals surface area contributed by atoms with E-state index in [-0.39, 0.29) is 11.3 Å². The topological polar surface area (TPSA) is 98.3 Å². The highest BCUT2D eigenvalue weighted by Crippen LogP contribution is 2.30. The number of hydrogen-bond acceptors (Lipinski definition) is 7. The number of carbonyl (C=O) groups is 1. The molecule has 180 valence electrons. The summed E-state index contributed by atoms with van der Waals surface area (Å²) < 4.78 is 11.3. The highest BCUT2D eigenvalue weighted by Gasteiger charge is 2.13. The summed E-state index contributed by atoms with van der Waals surface area (Å²) in [5, 5.41) is 7.10. The van der Waals surface area contributed by atoms with Gasteiger partial charge in [0.25, 0.3) is 5.91 Å². The fraction of sp³-hybridized carbons (Fsp3) is 0.259. The van der Waals surface area contributed by atoms with Crippen LogP contribution >= 0.6 is 0 Å². The van der Waals surface area contributed by atoms with E-state index in [2.05, 4.69) is 46.4 Å². The summed E-state index contributed by atoms with van der Waals surface area (Å²) in [5.41, 5.74) is 3.15. The van der Waals surface area contributed by atoms with E-state index in [1.54, 1.807) is 43.6 Å². The minimum Gasteiger partial charge on any atom is -0.481 e. The minimum atomic E-state index is -0.0938. The molecular formula is C27H29N5O3. The molecule has 8 heteroatoms. The highest BCUT2D eigenvalue weighted by molar-refractivity contribution is 5.94. The maximum absolute atomic E-state index is 12.3. The Balaban J connectivity index is 1.46. The Bertz CT molecular complexity index is 1350. The third-order valence-corrected chi connectivity index (χ3v) is 5.27. The number of hydrogen-bond donors (Lipinski definition) is 2. The Hall–Kier alpha value is -4.20. The van der Waals surface area contributed by atoms with Gasteiger partial charge in [-0.3, -0.25) is 4.79 Å². The van der Waals surface area contributed by atoms with Gasteiger partial charge in [-0.05, 0) is 60.4 Å². The van der Waals surface area contributed by atoms with Crippen LogP contribution in [0, 0.1) is 12.3 Å². The number of pyridine rings is 1. The van der Waals surface area contributed by atoms with Gasteiger partial charge in [-0.2, -0.15) is 0 Å². The van der Waals surface area contributed by atoms with Crippen molar-refractivity contribution in [1.82, 2.24) is 20.3 Å². The van der Waals surface area contributed by atoms with Gasteiger partial charge in [-0.25, -0.2) is 15.0 Å². The number of aryl methyl sites for hydroxylation is 1. The molecule has 4 rings (SSSR count). The normalized spacial score (nSPS) is 11.2. The minimum absolute atomic E-state index is 0.0297. The molecule has 2 aromatic carbocycles. The van der Waals surface area contributed by atoms with E-state index < -0.39 is 0 Å². The van der Waals surface area contributed by atoms with Crippen LogP contribution in [0.3, 0.4) is 0 Å². The third-order valence-electron chi connectivity index (χ3n) is 5.27. The molecule has 0 atom stereocenters. The molecule has 2 N–H and O–H groups in total. The van der Waals surface area contributed by atoms with E-state index in [1.807, 2.05) is 25.1 Å². The molecule has 0 unspecified atom stereocenters. The lowest BCUT2D eigenvalue weighted by Gasteiger charge is -2.18. The number of ether oxygens (including phenoxy) is 2. The maximum atomic E-state index is 12.3. The molecule has 2 aromatic heterocycles. The zero-order chi connectivity index (χ0) is 25.0. The largest absolute Gasteiger partial charge is 0.481 e. The van der Waals surface area contributed by atoms with Gasteiger partial charge >= 0.3 is 0 Å². The number of nitrogens with one attached hydrogen (secondary N) is 2. The Morgan fingerprint density at radius 2 is 1.77 bits per heavy atom. The van der Waals surface area contributed by atoms with Gasteiger partial charge in [-0.15, -0.1) is 0 Å². The van der Waals surface area contributed by atoms with Crippen LogP contribution in [0.15, 0.2) is 61.1 Å². The van der Waals surface area contributed by atoms with Crippen LogP contribution in [0.1, 0.15) is 36.7 Å². The van der Waals surface area contributed by atoms with Gasteiger partial charge in [0.15, 0.2) is 0 Å². The van der Waals surface area contributed by atoms with E-state index >= 15 is 0 Å². The van der Waals surface area contributed by atoms with Crippen LogP contribution in [0.5, 0.6) is 17.4 Å². The zero-order valence-electron chi connectivity index (χ0n) is 20.5. The second kappa shape index (κ2) is 9.97. The predicted molar refractivity (Wildman–Crippen MR) is 137 cm³/mol. The van der Waals surface area contributed by atoms with Gasteiger partial charge in [0.1, 0.15) is 23.6 Å².